The molecule has 0 saturated heterocycles. The summed E-state index contributed by atoms with van der Waals surface area (Å²) in [5, 5.41) is 8.29. The van der Waals surface area contributed by atoms with Crippen LogP contribution in [-0.2, 0) is 16.4 Å². The fraction of sp³-hybridized carbons (Fsp3) is 0.143. The molecule has 5 rings (SSSR count). The molecule has 0 radical (unpaired) electrons. The van der Waals surface area contributed by atoms with Crippen molar-refractivity contribution in [3.63, 3.8) is 0 Å². The van der Waals surface area contributed by atoms with Gasteiger partial charge in [0.1, 0.15) is 0 Å². The van der Waals surface area contributed by atoms with Crippen molar-refractivity contribution >= 4 is 26.6 Å². The summed E-state index contributed by atoms with van der Waals surface area (Å²) in [5.74, 6) is 0. The Balaban J connectivity index is 1.53. The zero-order valence-electron chi connectivity index (χ0n) is 19.9. The first kappa shape index (κ1) is 23.7. The summed E-state index contributed by atoms with van der Waals surface area (Å²) in [6.45, 7) is 2.05. The minimum atomic E-state index is -3.87. The predicted octanol–water partition coefficient (Wildman–Crippen LogP) is 4.70. The Labute approximate surface area is 210 Å². The number of anilines is 1. The van der Waals surface area contributed by atoms with Crippen molar-refractivity contribution in [3.8, 4) is 11.1 Å². The third kappa shape index (κ3) is 4.86. The topological polar surface area (TPSA) is 105 Å². The SMILES string of the molecule is Cc1n[nH]c2ccc(-c3cncc(N(C[C@@H](N)Cc4ccccc4)S(=O)(=O)c4ccccc4)c3)cc12. The van der Waals surface area contributed by atoms with Crippen LogP contribution in [0.3, 0.4) is 0 Å². The zero-order chi connectivity index (χ0) is 25.1. The first-order valence-electron chi connectivity index (χ1n) is 11.7. The van der Waals surface area contributed by atoms with Crippen LogP contribution in [0.25, 0.3) is 22.0 Å². The number of fused-ring (bicyclic) bond motifs is 1. The molecule has 0 unspecified atom stereocenters. The van der Waals surface area contributed by atoms with Crippen molar-refractivity contribution in [2.75, 3.05) is 10.8 Å². The van der Waals surface area contributed by atoms with Crippen molar-refractivity contribution in [1.29, 1.82) is 0 Å². The summed E-state index contributed by atoms with van der Waals surface area (Å²) in [5.41, 5.74) is 11.6. The Morgan fingerprint density at radius 2 is 1.64 bits per heavy atom. The number of aromatic nitrogens is 3. The van der Waals surface area contributed by atoms with Crippen LogP contribution in [0, 0.1) is 6.92 Å². The van der Waals surface area contributed by atoms with Crippen LogP contribution in [-0.4, -0.2) is 36.2 Å². The van der Waals surface area contributed by atoms with E-state index in [0.29, 0.717) is 12.1 Å². The number of pyridine rings is 1. The van der Waals surface area contributed by atoms with E-state index in [2.05, 4.69) is 15.2 Å². The van der Waals surface area contributed by atoms with E-state index in [1.54, 1.807) is 42.7 Å². The van der Waals surface area contributed by atoms with Gasteiger partial charge in [0.25, 0.3) is 10.0 Å². The molecule has 182 valence electrons. The third-order valence-corrected chi connectivity index (χ3v) is 7.98. The van der Waals surface area contributed by atoms with Crippen LogP contribution in [0.1, 0.15) is 11.3 Å². The van der Waals surface area contributed by atoms with Crippen molar-refractivity contribution in [1.82, 2.24) is 15.2 Å². The monoisotopic (exact) mass is 497 g/mol. The average Bonchev–Trinajstić information content (AvgIpc) is 3.28. The lowest BCUT2D eigenvalue weighted by atomic mass is 10.0. The molecule has 0 spiro atoms. The van der Waals surface area contributed by atoms with E-state index in [-0.39, 0.29) is 11.4 Å². The number of benzene rings is 3. The maximum atomic E-state index is 13.8. The average molecular weight is 498 g/mol. The van der Waals surface area contributed by atoms with Gasteiger partial charge in [-0.1, -0.05) is 54.6 Å². The lowest BCUT2D eigenvalue weighted by Crippen LogP contribution is -2.42. The summed E-state index contributed by atoms with van der Waals surface area (Å²) in [6, 6.07) is 25.6. The highest BCUT2D eigenvalue weighted by molar-refractivity contribution is 7.92. The minimum absolute atomic E-state index is 0.108. The van der Waals surface area contributed by atoms with Crippen LogP contribution >= 0.6 is 0 Å². The summed E-state index contributed by atoms with van der Waals surface area (Å²) in [4.78, 5) is 4.61. The van der Waals surface area contributed by atoms with Crippen molar-refractivity contribution in [2.45, 2.75) is 24.3 Å². The lowest BCUT2D eigenvalue weighted by Gasteiger charge is -2.27. The Kier molecular flexibility index (Phi) is 6.54. The molecule has 0 aliphatic heterocycles. The smallest absolute Gasteiger partial charge is 0.264 e. The molecule has 3 aromatic carbocycles. The lowest BCUT2D eigenvalue weighted by molar-refractivity contribution is 0.581. The van der Waals surface area contributed by atoms with Gasteiger partial charge in [-0.15, -0.1) is 0 Å². The molecule has 2 aromatic heterocycles. The zero-order valence-corrected chi connectivity index (χ0v) is 20.7. The fourth-order valence-corrected chi connectivity index (χ4v) is 5.82. The second-order valence-electron chi connectivity index (χ2n) is 8.80. The standard InChI is InChI=1S/C28H27N5O2S/c1-20-27-16-22(12-13-28(27)32-31-20)23-15-25(18-30-17-23)33(36(34,35)26-10-6-3-7-11-26)19-24(29)14-21-8-4-2-5-9-21/h2-13,15-18,24H,14,19,29H2,1H3,(H,31,32)/t24-/m0/s1. The largest absolute Gasteiger partial charge is 0.326 e. The maximum absolute atomic E-state index is 13.8. The molecule has 5 aromatic rings. The Bertz CT molecular complexity index is 1580. The van der Waals surface area contributed by atoms with E-state index < -0.39 is 16.1 Å². The van der Waals surface area contributed by atoms with E-state index in [0.717, 1.165) is 33.3 Å². The number of hydrogen-bond acceptors (Lipinski definition) is 5. The predicted molar refractivity (Wildman–Crippen MR) is 143 cm³/mol. The van der Waals surface area contributed by atoms with Gasteiger partial charge in [-0.05, 0) is 54.8 Å². The van der Waals surface area contributed by atoms with Crippen LogP contribution in [0.15, 0.2) is 102 Å². The molecule has 1 atom stereocenters. The molecule has 0 saturated carbocycles. The van der Waals surface area contributed by atoms with Crippen molar-refractivity contribution < 1.29 is 8.42 Å². The molecular formula is C28H27N5O2S. The van der Waals surface area contributed by atoms with Crippen LogP contribution < -0.4 is 10.0 Å². The number of aryl methyl sites for hydroxylation is 1. The quantitative estimate of drug-likeness (QED) is 0.323. The Morgan fingerprint density at radius 1 is 0.917 bits per heavy atom. The van der Waals surface area contributed by atoms with Gasteiger partial charge < -0.3 is 5.73 Å². The highest BCUT2D eigenvalue weighted by Gasteiger charge is 2.27. The molecule has 3 N–H and O–H groups in total. The summed E-state index contributed by atoms with van der Waals surface area (Å²) in [7, 11) is -3.87. The molecule has 36 heavy (non-hydrogen) atoms. The van der Waals surface area contributed by atoms with Gasteiger partial charge in [0.15, 0.2) is 0 Å². The number of H-pyrrole nitrogens is 1. The molecule has 7 nitrogen and oxygen atoms in total. The molecule has 2 heterocycles. The normalized spacial score (nSPS) is 12.5. The maximum Gasteiger partial charge on any atom is 0.264 e. The van der Waals surface area contributed by atoms with Crippen LogP contribution in [0.5, 0.6) is 0 Å². The second kappa shape index (κ2) is 9.93. The molecule has 0 aliphatic carbocycles. The van der Waals surface area contributed by atoms with Gasteiger partial charge >= 0.3 is 0 Å². The van der Waals surface area contributed by atoms with Gasteiger partial charge in [0.05, 0.1) is 28.0 Å². The van der Waals surface area contributed by atoms with Crippen LogP contribution in [0.2, 0.25) is 0 Å². The molecule has 0 bridgehead atoms. The van der Waals surface area contributed by atoms with Gasteiger partial charge in [-0.25, -0.2) is 8.42 Å². The Morgan fingerprint density at radius 3 is 2.39 bits per heavy atom. The number of nitrogens with two attached hydrogens (primary N) is 1. The first-order valence-corrected chi connectivity index (χ1v) is 13.1. The number of nitrogens with zero attached hydrogens (tertiary/aromatic N) is 3. The number of hydrogen-bond donors (Lipinski definition) is 2. The van der Waals surface area contributed by atoms with Crippen molar-refractivity contribution in [2.24, 2.45) is 5.73 Å². The molecule has 0 fully saturated rings. The molecule has 0 aliphatic rings. The highest BCUT2D eigenvalue weighted by atomic mass is 32.2. The molecular weight excluding hydrogens is 470 g/mol. The van der Waals surface area contributed by atoms with Gasteiger partial charge in [-0.3, -0.25) is 14.4 Å². The minimum Gasteiger partial charge on any atom is -0.326 e. The first-order chi connectivity index (χ1) is 17.4. The van der Waals surface area contributed by atoms with E-state index in [1.807, 2.05) is 61.5 Å². The van der Waals surface area contributed by atoms with E-state index in [9.17, 15) is 8.42 Å². The number of sulfonamides is 1. The van der Waals surface area contributed by atoms with E-state index >= 15 is 0 Å². The highest BCUT2D eigenvalue weighted by Crippen LogP contribution is 2.30. The van der Waals surface area contributed by atoms with Crippen molar-refractivity contribution in [3.05, 3.63) is 109 Å². The Hall–Kier alpha value is -4.01. The van der Waals surface area contributed by atoms with Gasteiger partial charge in [0, 0.05) is 29.7 Å². The number of nitrogens with one attached hydrogen (secondary N) is 1. The fourth-order valence-electron chi connectivity index (χ4n) is 4.30. The number of aromatic amines is 1. The summed E-state index contributed by atoms with van der Waals surface area (Å²) in [6.07, 6.45) is 3.85. The molecule has 0 amide bonds. The van der Waals surface area contributed by atoms with Gasteiger partial charge in [-0.2, -0.15) is 5.10 Å². The van der Waals surface area contributed by atoms with E-state index in [4.69, 9.17) is 5.73 Å². The summed E-state index contributed by atoms with van der Waals surface area (Å²) >= 11 is 0. The molecule has 8 heteroatoms. The number of rotatable bonds is 8. The van der Waals surface area contributed by atoms with Gasteiger partial charge in [0.2, 0.25) is 0 Å². The van der Waals surface area contributed by atoms with E-state index in [1.165, 1.54) is 4.31 Å². The second-order valence-corrected chi connectivity index (χ2v) is 10.7. The third-order valence-electron chi connectivity index (χ3n) is 6.17. The van der Waals surface area contributed by atoms with Crippen LogP contribution in [0.4, 0.5) is 5.69 Å². The summed E-state index contributed by atoms with van der Waals surface area (Å²) < 4.78 is 28.9.